The molecule has 1 unspecified atom stereocenters. The molecule has 1 rings (SSSR count). The molecule has 0 amide bonds. The van der Waals surface area contributed by atoms with Gasteiger partial charge in [-0.3, -0.25) is 4.79 Å². The molecule has 0 aliphatic rings. The molecule has 0 bridgehead atoms. The number of ketones is 1. The molecule has 1 aromatic rings. The molecule has 1 aromatic heterocycles. The Balaban J connectivity index is 2.61. The van der Waals surface area contributed by atoms with Gasteiger partial charge in [0.25, 0.3) is 0 Å². The molecule has 24 heavy (non-hydrogen) atoms. The summed E-state index contributed by atoms with van der Waals surface area (Å²) in [6.07, 6.45) is 8.98. The second-order valence-corrected chi connectivity index (χ2v) is 6.54. The van der Waals surface area contributed by atoms with Gasteiger partial charge < -0.3 is 15.4 Å². The number of hydrogen-bond acceptors (Lipinski definition) is 3. The summed E-state index contributed by atoms with van der Waals surface area (Å²) in [5.41, 5.74) is 8.25. The molecule has 132 valence electrons. The van der Waals surface area contributed by atoms with E-state index in [0.29, 0.717) is 12.8 Å². The second-order valence-electron chi connectivity index (χ2n) is 6.54. The molecule has 0 fully saturated rings. The van der Waals surface area contributed by atoms with Gasteiger partial charge in [-0.1, -0.05) is 31.4 Å². The van der Waals surface area contributed by atoms with Crippen LogP contribution in [0.1, 0.15) is 48.8 Å². The minimum atomic E-state index is -0.590. The van der Waals surface area contributed by atoms with Crippen molar-refractivity contribution in [1.82, 2.24) is 4.57 Å². The Hall–Kier alpha value is -1.91. The lowest BCUT2D eigenvalue weighted by atomic mass is 9.97. The van der Waals surface area contributed by atoms with Gasteiger partial charge in [-0.25, -0.2) is 0 Å². The van der Waals surface area contributed by atoms with Gasteiger partial charge in [0.15, 0.2) is 5.78 Å². The largest absolute Gasteiger partial charge is 0.394 e. The normalized spacial score (nSPS) is 14.2. The van der Waals surface area contributed by atoms with Crippen LogP contribution in [0.15, 0.2) is 49.1 Å². The number of rotatable bonds is 11. The molecule has 0 aliphatic heterocycles. The van der Waals surface area contributed by atoms with Gasteiger partial charge >= 0.3 is 0 Å². The predicted molar refractivity (Wildman–Crippen MR) is 100 cm³/mol. The Kier molecular flexibility index (Phi) is 7.89. The number of carbonyl (C=O) groups is 1. The highest BCUT2D eigenvalue weighted by atomic mass is 16.3. The lowest BCUT2D eigenvalue weighted by Crippen LogP contribution is -2.40. The van der Waals surface area contributed by atoms with Crippen LogP contribution in [0.5, 0.6) is 0 Å². The summed E-state index contributed by atoms with van der Waals surface area (Å²) in [6.45, 7) is 9.22. The number of nitrogens with zero attached hydrogens (tertiary/aromatic N) is 1. The maximum Gasteiger partial charge on any atom is 0.179 e. The molecular weight excluding hydrogens is 300 g/mol. The summed E-state index contributed by atoms with van der Waals surface area (Å²) in [5, 5.41) is 9.23. The van der Waals surface area contributed by atoms with Gasteiger partial charge in [0.05, 0.1) is 12.3 Å². The fourth-order valence-electron chi connectivity index (χ4n) is 2.56. The van der Waals surface area contributed by atoms with Crippen LogP contribution in [0, 0.1) is 0 Å². The van der Waals surface area contributed by atoms with Crippen LogP contribution in [-0.2, 0) is 13.5 Å². The predicted octanol–water partition coefficient (Wildman–Crippen LogP) is 3.32. The number of aliphatic hydroxyl groups is 1. The SMILES string of the molecule is C=C/C=C(\C=C)CCCC(=O)c1ccc(CCC(C)(N)CO)n1C. The van der Waals surface area contributed by atoms with Crippen molar-refractivity contribution in [2.45, 2.75) is 44.6 Å². The molecule has 0 spiro atoms. The molecule has 4 heteroatoms. The number of aryl methyl sites for hydroxylation is 1. The number of aliphatic hydroxyl groups excluding tert-OH is 1. The molecule has 0 radical (unpaired) electrons. The first-order valence-corrected chi connectivity index (χ1v) is 8.36. The lowest BCUT2D eigenvalue weighted by molar-refractivity contribution is 0.0972. The highest BCUT2D eigenvalue weighted by Gasteiger charge is 2.19. The van der Waals surface area contributed by atoms with Crippen molar-refractivity contribution >= 4 is 5.78 Å². The third-order valence-electron chi connectivity index (χ3n) is 4.29. The Morgan fingerprint density at radius 3 is 2.67 bits per heavy atom. The van der Waals surface area contributed by atoms with Crippen molar-refractivity contribution in [1.29, 1.82) is 0 Å². The molecule has 1 atom stereocenters. The van der Waals surface area contributed by atoms with E-state index in [-0.39, 0.29) is 12.4 Å². The first-order valence-electron chi connectivity index (χ1n) is 8.36. The van der Waals surface area contributed by atoms with Gasteiger partial charge in [-0.05, 0) is 50.3 Å². The molecule has 3 N–H and O–H groups in total. The van der Waals surface area contributed by atoms with E-state index in [1.165, 1.54) is 0 Å². The molecule has 0 aromatic carbocycles. The summed E-state index contributed by atoms with van der Waals surface area (Å²) in [5.74, 6) is 0.142. The van der Waals surface area contributed by atoms with Crippen LogP contribution in [0.4, 0.5) is 0 Å². The fourth-order valence-corrected chi connectivity index (χ4v) is 2.56. The van der Waals surface area contributed by atoms with Crippen LogP contribution in [-0.4, -0.2) is 27.6 Å². The first kappa shape index (κ1) is 20.1. The first-order chi connectivity index (χ1) is 11.3. The zero-order valence-electron chi connectivity index (χ0n) is 14.9. The average molecular weight is 330 g/mol. The van der Waals surface area contributed by atoms with E-state index >= 15 is 0 Å². The van der Waals surface area contributed by atoms with Gasteiger partial charge in [0.2, 0.25) is 0 Å². The van der Waals surface area contributed by atoms with Crippen molar-refractivity contribution < 1.29 is 9.90 Å². The van der Waals surface area contributed by atoms with E-state index in [4.69, 9.17) is 5.73 Å². The van der Waals surface area contributed by atoms with Crippen molar-refractivity contribution in [3.8, 4) is 0 Å². The Bertz CT molecular complexity index is 609. The number of carbonyl (C=O) groups excluding carboxylic acids is 1. The van der Waals surface area contributed by atoms with E-state index < -0.39 is 5.54 Å². The summed E-state index contributed by atoms with van der Waals surface area (Å²) < 4.78 is 1.93. The van der Waals surface area contributed by atoms with Gasteiger partial charge in [0, 0.05) is 24.7 Å². The quantitative estimate of drug-likeness (QED) is 0.483. The van der Waals surface area contributed by atoms with Crippen molar-refractivity contribution in [2.75, 3.05) is 6.61 Å². The summed E-state index contributed by atoms with van der Waals surface area (Å²) in [4.78, 5) is 12.4. The maximum absolute atomic E-state index is 12.4. The summed E-state index contributed by atoms with van der Waals surface area (Å²) in [7, 11) is 1.90. The third kappa shape index (κ3) is 5.95. The van der Waals surface area contributed by atoms with Crippen LogP contribution in [0.25, 0.3) is 0 Å². The average Bonchev–Trinajstić information content (AvgIpc) is 2.93. The minimum absolute atomic E-state index is 0.0485. The van der Waals surface area contributed by atoms with Crippen LogP contribution >= 0.6 is 0 Å². The summed E-state index contributed by atoms with van der Waals surface area (Å²) >= 11 is 0. The fraction of sp³-hybridized carbons (Fsp3) is 0.450. The smallest absolute Gasteiger partial charge is 0.179 e. The number of Topliss-reactive ketones (excluding diaryl/α,β-unsaturated/α-hetero) is 1. The zero-order valence-corrected chi connectivity index (χ0v) is 14.9. The monoisotopic (exact) mass is 330 g/mol. The number of nitrogens with two attached hydrogens (primary N) is 1. The van der Waals surface area contributed by atoms with Crippen molar-refractivity contribution in [2.24, 2.45) is 12.8 Å². The van der Waals surface area contributed by atoms with E-state index in [2.05, 4.69) is 13.2 Å². The van der Waals surface area contributed by atoms with E-state index in [1.54, 1.807) is 12.2 Å². The molecular formula is C20H30N2O2. The third-order valence-corrected chi connectivity index (χ3v) is 4.29. The number of aromatic nitrogens is 1. The topological polar surface area (TPSA) is 68.2 Å². The van der Waals surface area contributed by atoms with Crippen LogP contribution in [0.2, 0.25) is 0 Å². The van der Waals surface area contributed by atoms with Crippen molar-refractivity contribution in [3.05, 3.63) is 60.5 Å². The second kappa shape index (κ2) is 9.40. The standard InChI is InChI=1S/C20H30N2O2/c1-5-8-16(6-2)9-7-10-19(24)18-12-11-17(22(18)4)13-14-20(3,21)15-23/h5-6,8,11-12,23H,1-2,7,9-10,13-15,21H2,3-4H3/b16-8+. The maximum atomic E-state index is 12.4. The Morgan fingerprint density at radius 1 is 1.38 bits per heavy atom. The van der Waals surface area contributed by atoms with Gasteiger partial charge in [-0.15, -0.1) is 0 Å². The highest BCUT2D eigenvalue weighted by molar-refractivity contribution is 5.94. The van der Waals surface area contributed by atoms with Gasteiger partial charge in [0.1, 0.15) is 0 Å². The summed E-state index contributed by atoms with van der Waals surface area (Å²) in [6, 6.07) is 3.84. The molecule has 4 nitrogen and oxygen atoms in total. The van der Waals surface area contributed by atoms with E-state index in [1.807, 2.05) is 36.7 Å². The molecule has 1 heterocycles. The lowest BCUT2D eigenvalue weighted by Gasteiger charge is -2.21. The van der Waals surface area contributed by atoms with E-state index in [9.17, 15) is 9.90 Å². The molecule has 0 saturated heterocycles. The Labute approximate surface area is 145 Å². The Morgan fingerprint density at radius 2 is 2.08 bits per heavy atom. The number of hydrogen-bond donors (Lipinski definition) is 2. The minimum Gasteiger partial charge on any atom is -0.394 e. The molecule has 0 aliphatic carbocycles. The number of allylic oxidation sites excluding steroid dienone is 4. The van der Waals surface area contributed by atoms with Crippen LogP contribution < -0.4 is 5.73 Å². The zero-order chi connectivity index (χ0) is 18.2. The van der Waals surface area contributed by atoms with Crippen molar-refractivity contribution in [3.63, 3.8) is 0 Å². The van der Waals surface area contributed by atoms with E-state index in [0.717, 1.165) is 36.2 Å². The highest BCUT2D eigenvalue weighted by Crippen LogP contribution is 2.17. The van der Waals surface area contributed by atoms with Gasteiger partial charge in [-0.2, -0.15) is 0 Å². The van der Waals surface area contributed by atoms with Crippen LogP contribution in [0.3, 0.4) is 0 Å². The molecule has 0 saturated carbocycles.